The number of hydrogen-bond acceptors (Lipinski definition) is 2. The van der Waals surface area contributed by atoms with Crippen LogP contribution in [0.2, 0.25) is 0 Å². The summed E-state index contributed by atoms with van der Waals surface area (Å²) < 4.78 is 11.1. The second-order valence-electron chi connectivity index (χ2n) is 3.92. The average Bonchev–Trinajstić information content (AvgIpc) is 2.28. The van der Waals surface area contributed by atoms with E-state index in [4.69, 9.17) is 9.47 Å². The first-order valence-corrected chi connectivity index (χ1v) is 4.81. The maximum absolute atomic E-state index is 5.93. The number of methoxy groups -OCH3 is 1. The normalized spacial score (nSPS) is 41.9. The minimum absolute atomic E-state index is 0.00579. The highest BCUT2D eigenvalue weighted by molar-refractivity contribution is 6.11. The van der Waals surface area contributed by atoms with Crippen molar-refractivity contribution in [2.75, 3.05) is 13.7 Å². The fourth-order valence-electron chi connectivity index (χ4n) is 2.23. The van der Waals surface area contributed by atoms with Crippen LogP contribution in [0.1, 0.15) is 26.7 Å². The third-order valence-corrected chi connectivity index (χ3v) is 3.01. The summed E-state index contributed by atoms with van der Waals surface area (Å²) in [5, 5.41) is 0. The fraction of sp³-hybridized carbons (Fsp3) is 1.00. The molecule has 3 unspecified atom stereocenters. The van der Waals surface area contributed by atoms with Gasteiger partial charge in [-0.15, -0.1) is 0 Å². The maximum atomic E-state index is 5.93. The van der Waals surface area contributed by atoms with Gasteiger partial charge in [-0.05, 0) is 18.8 Å². The van der Waals surface area contributed by atoms with Crippen LogP contribution in [0, 0.1) is 5.92 Å². The molecule has 12 heavy (non-hydrogen) atoms. The summed E-state index contributed by atoms with van der Waals surface area (Å²) >= 11 is 0. The van der Waals surface area contributed by atoms with Gasteiger partial charge in [-0.1, -0.05) is 13.8 Å². The van der Waals surface area contributed by atoms with Gasteiger partial charge >= 0.3 is 0 Å². The summed E-state index contributed by atoms with van der Waals surface area (Å²) in [5.74, 6) is 0.623. The van der Waals surface area contributed by atoms with Crippen LogP contribution in [-0.4, -0.2) is 33.2 Å². The van der Waals surface area contributed by atoms with E-state index in [0.717, 1.165) is 19.4 Å². The van der Waals surface area contributed by atoms with Crippen molar-refractivity contribution in [3.63, 3.8) is 0 Å². The number of rotatable bonds is 3. The molecule has 0 radical (unpaired) electrons. The van der Waals surface area contributed by atoms with Gasteiger partial charge in [-0.3, -0.25) is 0 Å². The quantitative estimate of drug-likeness (QED) is 0.583. The van der Waals surface area contributed by atoms with Gasteiger partial charge in [-0.25, -0.2) is 0 Å². The Hall–Kier alpha value is -0.0151. The third-order valence-electron chi connectivity index (χ3n) is 3.01. The van der Waals surface area contributed by atoms with Crippen LogP contribution in [0.3, 0.4) is 0 Å². The summed E-state index contributed by atoms with van der Waals surface area (Å²) in [6.07, 6.45) is 2.21. The molecule has 3 atom stereocenters. The van der Waals surface area contributed by atoms with Gasteiger partial charge in [0.25, 0.3) is 0 Å². The lowest BCUT2D eigenvalue weighted by atomic mass is 9.84. The summed E-state index contributed by atoms with van der Waals surface area (Å²) in [4.78, 5) is 0. The van der Waals surface area contributed by atoms with Crippen molar-refractivity contribution in [3.8, 4) is 0 Å². The molecule has 0 bridgehead atoms. The van der Waals surface area contributed by atoms with Gasteiger partial charge in [0, 0.05) is 13.1 Å². The van der Waals surface area contributed by atoms with E-state index in [1.807, 2.05) is 0 Å². The summed E-state index contributed by atoms with van der Waals surface area (Å²) in [6, 6.07) is 0.398. The zero-order valence-electron chi connectivity index (χ0n) is 8.59. The molecule has 0 aromatic carbocycles. The van der Waals surface area contributed by atoms with Gasteiger partial charge in [0.15, 0.2) is 0 Å². The molecule has 0 aromatic heterocycles. The van der Waals surface area contributed by atoms with Gasteiger partial charge in [0.1, 0.15) is 7.85 Å². The minimum atomic E-state index is -0.00579. The Balaban J connectivity index is 2.65. The Kier molecular flexibility index (Phi) is 3.19. The molecule has 1 fully saturated rings. The second-order valence-corrected chi connectivity index (χ2v) is 3.92. The predicted octanol–water partition coefficient (Wildman–Crippen LogP) is 0.797. The fourth-order valence-corrected chi connectivity index (χ4v) is 2.23. The smallest absolute Gasteiger partial charge is 0.139 e. The summed E-state index contributed by atoms with van der Waals surface area (Å²) in [6.45, 7) is 5.16. The monoisotopic (exact) mass is 170 g/mol. The van der Waals surface area contributed by atoms with Crippen molar-refractivity contribution >= 4 is 7.85 Å². The Bertz CT molecular complexity index is 151. The van der Waals surface area contributed by atoms with E-state index in [1.54, 1.807) is 7.11 Å². The van der Waals surface area contributed by atoms with Crippen LogP contribution in [0.5, 0.6) is 0 Å². The Morgan fingerprint density at radius 2 is 2.33 bits per heavy atom. The molecule has 0 saturated carbocycles. The zero-order valence-corrected chi connectivity index (χ0v) is 8.59. The molecule has 1 heterocycles. The molecular weight excluding hydrogens is 151 g/mol. The molecule has 0 amide bonds. The van der Waals surface area contributed by atoms with Crippen molar-refractivity contribution in [2.45, 2.75) is 38.3 Å². The van der Waals surface area contributed by atoms with Crippen molar-refractivity contribution in [1.29, 1.82) is 0 Å². The average molecular weight is 170 g/mol. The van der Waals surface area contributed by atoms with Crippen LogP contribution in [0.25, 0.3) is 0 Å². The first-order chi connectivity index (χ1) is 5.64. The topological polar surface area (TPSA) is 18.5 Å². The van der Waals surface area contributed by atoms with E-state index in [2.05, 4.69) is 21.7 Å². The van der Waals surface area contributed by atoms with Crippen LogP contribution < -0.4 is 0 Å². The highest BCUT2D eigenvalue weighted by atomic mass is 16.5. The van der Waals surface area contributed by atoms with E-state index in [1.165, 1.54) is 0 Å². The van der Waals surface area contributed by atoms with Gasteiger partial charge in [0.2, 0.25) is 0 Å². The molecule has 1 rings (SSSR count). The van der Waals surface area contributed by atoms with E-state index in [9.17, 15) is 0 Å². The van der Waals surface area contributed by atoms with Crippen molar-refractivity contribution < 1.29 is 9.47 Å². The van der Waals surface area contributed by atoms with Gasteiger partial charge in [0.05, 0.1) is 12.2 Å². The molecule has 1 saturated heterocycles. The number of hydrogen-bond donors (Lipinski definition) is 0. The molecule has 1 aliphatic heterocycles. The Morgan fingerprint density at radius 3 is 2.67 bits per heavy atom. The van der Waals surface area contributed by atoms with E-state index >= 15 is 0 Å². The molecule has 1 aliphatic rings. The van der Waals surface area contributed by atoms with E-state index in [0.29, 0.717) is 11.9 Å². The largest absolute Gasteiger partial charge is 0.382 e. The molecule has 0 N–H and O–H groups in total. The second kappa shape index (κ2) is 3.80. The molecule has 0 spiro atoms. The lowest BCUT2D eigenvalue weighted by molar-refractivity contribution is -0.0815. The third kappa shape index (κ3) is 1.67. The lowest BCUT2D eigenvalue weighted by Gasteiger charge is -2.31. The highest BCUT2D eigenvalue weighted by Crippen LogP contribution is 2.37. The Labute approximate surface area is 76.0 Å². The Morgan fingerprint density at radius 1 is 1.67 bits per heavy atom. The van der Waals surface area contributed by atoms with Gasteiger partial charge in [-0.2, -0.15) is 0 Å². The first kappa shape index (κ1) is 10.1. The molecule has 2 nitrogen and oxygen atoms in total. The molecular formula is C9H19BO2. The zero-order chi connectivity index (χ0) is 9.19. The van der Waals surface area contributed by atoms with Crippen LogP contribution in [0.4, 0.5) is 0 Å². The lowest BCUT2D eigenvalue weighted by Crippen LogP contribution is -2.38. The predicted molar refractivity (Wildman–Crippen MR) is 52.1 cm³/mol. The maximum Gasteiger partial charge on any atom is 0.139 e. The minimum Gasteiger partial charge on any atom is -0.382 e. The van der Waals surface area contributed by atoms with Crippen LogP contribution >= 0.6 is 0 Å². The van der Waals surface area contributed by atoms with E-state index in [-0.39, 0.29) is 5.60 Å². The summed E-state index contributed by atoms with van der Waals surface area (Å²) in [5.41, 5.74) is -0.00579. The van der Waals surface area contributed by atoms with Crippen molar-refractivity contribution in [2.24, 2.45) is 5.92 Å². The van der Waals surface area contributed by atoms with E-state index < -0.39 is 0 Å². The molecule has 70 valence electrons. The summed E-state index contributed by atoms with van der Waals surface area (Å²) in [7, 11) is 3.89. The van der Waals surface area contributed by atoms with Crippen LogP contribution in [0.15, 0.2) is 0 Å². The molecule has 0 aromatic rings. The molecule has 0 aliphatic carbocycles. The van der Waals surface area contributed by atoms with Crippen LogP contribution in [-0.2, 0) is 9.47 Å². The highest BCUT2D eigenvalue weighted by Gasteiger charge is 2.43. The van der Waals surface area contributed by atoms with Crippen molar-refractivity contribution in [3.05, 3.63) is 0 Å². The standard InChI is InChI=1S/C9H19BO2/c1-4-9(6-11-3)7(2)5-8(10)12-9/h7-8H,4-6,10H2,1-3H3. The molecule has 3 heteroatoms. The number of ether oxygens (including phenoxy) is 2. The first-order valence-electron chi connectivity index (χ1n) is 4.81. The van der Waals surface area contributed by atoms with Gasteiger partial charge < -0.3 is 9.47 Å². The van der Waals surface area contributed by atoms with Crippen molar-refractivity contribution in [1.82, 2.24) is 0 Å². The SMILES string of the molecule is BC1CC(C)C(CC)(COC)O1.